The Kier molecular flexibility index (Phi) is 6.31. The SMILES string of the molecule is CN(C)C(=O)CN1C(=O)CO[C@H](c2ccc(NC(=O)C3CCC3)cc2)[C@H]1CO. The van der Waals surface area contributed by atoms with Gasteiger partial charge in [0.05, 0.1) is 12.6 Å². The van der Waals surface area contributed by atoms with E-state index in [-0.39, 0.29) is 43.4 Å². The smallest absolute Gasteiger partial charge is 0.249 e. The van der Waals surface area contributed by atoms with Gasteiger partial charge in [-0.15, -0.1) is 0 Å². The van der Waals surface area contributed by atoms with Crippen LogP contribution in [0.25, 0.3) is 0 Å². The summed E-state index contributed by atoms with van der Waals surface area (Å²) in [5.74, 6) is -0.398. The Morgan fingerprint density at radius 3 is 2.46 bits per heavy atom. The first-order valence-corrected chi connectivity index (χ1v) is 9.53. The Morgan fingerprint density at radius 1 is 1.25 bits per heavy atom. The van der Waals surface area contributed by atoms with Gasteiger partial charge < -0.3 is 25.0 Å². The van der Waals surface area contributed by atoms with Gasteiger partial charge in [-0.05, 0) is 30.5 Å². The molecule has 1 aromatic rings. The number of carbonyl (C=O) groups excluding carboxylic acids is 3. The maximum absolute atomic E-state index is 12.2. The molecule has 28 heavy (non-hydrogen) atoms. The molecule has 1 saturated carbocycles. The van der Waals surface area contributed by atoms with Gasteiger partial charge >= 0.3 is 0 Å². The van der Waals surface area contributed by atoms with Gasteiger partial charge in [0, 0.05) is 25.7 Å². The van der Waals surface area contributed by atoms with Crippen molar-refractivity contribution in [3.63, 3.8) is 0 Å². The molecule has 8 nitrogen and oxygen atoms in total. The van der Waals surface area contributed by atoms with Crippen LogP contribution in [-0.2, 0) is 19.1 Å². The van der Waals surface area contributed by atoms with Gasteiger partial charge in [-0.3, -0.25) is 14.4 Å². The Balaban J connectivity index is 1.71. The van der Waals surface area contributed by atoms with E-state index in [9.17, 15) is 19.5 Å². The molecule has 2 fully saturated rings. The lowest BCUT2D eigenvalue weighted by Crippen LogP contribution is -2.55. The highest BCUT2D eigenvalue weighted by molar-refractivity contribution is 5.93. The van der Waals surface area contributed by atoms with Crippen LogP contribution < -0.4 is 5.32 Å². The summed E-state index contributed by atoms with van der Waals surface area (Å²) in [5.41, 5.74) is 1.48. The van der Waals surface area contributed by atoms with Crippen LogP contribution in [0.15, 0.2) is 24.3 Å². The lowest BCUT2D eigenvalue weighted by Gasteiger charge is -2.40. The van der Waals surface area contributed by atoms with Crippen molar-refractivity contribution in [1.82, 2.24) is 9.80 Å². The first-order chi connectivity index (χ1) is 13.4. The number of ether oxygens (including phenoxy) is 1. The van der Waals surface area contributed by atoms with E-state index in [1.54, 1.807) is 26.2 Å². The van der Waals surface area contributed by atoms with E-state index in [1.807, 2.05) is 12.1 Å². The van der Waals surface area contributed by atoms with Crippen LogP contribution in [0.2, 0.25) is 0 Å². The average Bonchev–Trinajstić information content (AvgIpc) is 2.62. The molecule has 152 valence electrons. The first-order valence-electron chi connectivity index (χ1n) is 9.53. The molecule has 0 radical (unpaired) electrons. The zero-order valence-electron chi connectivity index (χ0n) is 16.3. The maximum atomic E-state index is 12.2. The molecule has 2 atom stereocenters. The second-order valence-electron chi connectivity index (χ2n) is 7.53. The second-order valence-corrected chi connectivity index (χ2v) is 7.53. The topological polar surface area (TPSA) is 99.2 Å². The zero-order chi connectivity index (χ0) is 20.3. The molecular formula is C20H27N3O5. The molecule has 3 amide bonds. The monoisotopic (exact) mass is 389 g/mol. The Hall–Kier alpha value is -2.45. The number of nitrogens with one attached hydrogen (secondary N) is 1. The molecule has 0 unspecified atom stereocenters. The third-order valence-electron chi connectivity index (χ3n) is 5.43. The summed E-state index contributed by atoms with van der Waals surface area (Å²) in [4.78, 5) is 39.2. The fourth-order valence-corrected chi connectivity index (χ4v) is 3.38. The molecule has 0 aromatic heterocycles. The molecule has 2 aliphatic rings. The van der Waals surface area contributed by atoms with E-state index < -0.39 is 12.1 Å². The van der Waals surface area contributed by atoms with Crippen LogP contribution in [0.1, 0.15) is 30.9 Å². The molecule has 1 aromatic carbocycles. The maximum Gasteiger partial charge on any atom is 0.249 e. The molecule has 0 bridgehead atoms. The number of carbonyl (C=O) groups is 3. The number of amides is 3. The molecular weight excluding hydrogens is 362 g/mol. The molecule has 1 heterocycles. The number of benzene rings is 1. The second kappa shape index (κ2) is 8.70. The number of aliphatic hydroxyl groups is 1. The van der Waals surface area contributed by atoms with Crippen molar-refractivity contribution in [3.05, 3.63) is 29.8 Å². The normalized spacial score (nSPS) is 22.5. The van der Waals surface area contributed by atoms with E-state index in [4.69, 9.17) is 4.74 Å². The lowest BCUT2D eigenvalue weighted by molar-refractivity contribution is -0.164. The standard InChI is InChI=1S/C20H27N3O5/c1-22(2)17(25)10-23-16(11-24)19(28-12-18(23)26)13-6-8-15(9-7-13)21-20(27)14-4-3-5-14/h6-9,14,16,19,24H,3-5,10-12H2,1-2H3,(H,21,27)/t16-,19-/m1/s1. The molecule has 1 aliphatic carbocycles. The highest BCUT2D eigenvalue weighted by Crippen LogP contribution is 2.31. The van der Waals surface area contributed by atoms with Crippen molar-refractivity contribution in [3.8, 4) is 0 Å². The van der Waals surface area contributed by atoms with E-state index in [0.717, 1.165) is 24.8 Å². The van der Waals surface area contributed by atoms with Crippen molar-refractivity contribution in [2.45, 2.75) is 31.4 Å². The summed E-state index contributed by atoms with van der Waals surface area (Å²) in [7, 11) is 3.24. The molecule has 0 spiro atoms. The number of hydrogen-bond donors (Lipinski definition) is 2. The Morgan fingerprint density at radius 2 is 1.93 bits per heavy atom. The molecule has 1 aliphatic heterocycles. The van der Waals surface area contributed by atoms with Gasteiger partial charge in [0.1, 0.15) is 19.3 Å². The number of aliphatic hydroxyl groups excluding tert-OH is 1. The van der Waals surface area contributed by atoms with Gasteiger partial charge in [-0.25, -0.2) is 0 Å². The van der Waals surface area contributed by atoms with Crippen molar-refractivity contribution in [2.24, 2.45) is 5.92 Å². The van der Waals surface area contributed by atoms with Gasteiger partial charge in [0.15, 0.2) is 0 Å². The van der Waals surface area contributed by atoms with E-state index in [0.29, 0.717) is 5.69 Å². The number of hydrogen-bond acceptors (Lipinski definition) is 5. The van der Waals surface area contributed by atoms with Crippen LogP contribution in [0.4, 0.5) is 5.69 Å². The van der Waals surface area contributed by atoms with Gasteiger partial charge in [0.25, 0.3) is 0 Å². The summed E-state index contributed by atoms with van der Waals surface area (Å²) in [6.07, 6.45) is 2.43. The predicted octanol–water partition coefficient (Wildman–Crippen LogP) is 0.774. The van der Waals surface area contributed by atoms with Gasteiger partial charge in [-0.2, -0.15) is 0 Å². The molecule has 3 rings (SSSR count). The largest absolute Gasteiger partial charge is 0.394 e. The third kappa shape index (κ3) is 4.34. The van der Waals surface area contributed by atoms with Crippen LogP contribution in [0.3, 0.4) is 0 Å². The minimum atomic E-state index is -0.652. The fraction of sp³-hybridized carbons (Fsp3) is 0.550. The minimum Gasteiger partial charge on any atom is -0.394 e. The Bertz CT molecular complexity index is 730. The summed E-state index contributed by atoms with van der Waals surface area (Å²) < 4.78 is 5.67. The van der Waals surface area contributed by atoms with Crippen LogP contribution in [0.5, 0.6) is 0 Å². The average molecular weight is 389 g/mol. The highest BCUT2D eigenvalue weighted by atomic mass is 16.5. The number of anilines is 1. The van der Waals surface area contributed by atoms with Crippen molar-refractivity contribution < 1.29 is 24.2 Å². The van der Waals surface area contributed by atoms with E-state index in [1.165, 1.54) is 9.80 Å². The van der Waals surface area contributed by atoms with Crippen molar-refractivity contribution in [1.29, 1.82) is 0 Å². The zero-order valence-corrected chi connectivity index (χ0v) is 16.3. The molecule has 1 saturated heterocycles. The quantitative estimate of drug-likeness (QED) is 0.749. The molecule has 8 heteroatoms. The van der Waals surface area contributed by atoms with Gasteiger partial charge in [-0.1, -0.05) is 18.6 Å². The number of rotatable bonds is 6. The van der Waals surface area contributed by atoms with Crippen LogP contribution in [0, 0.1) is 5.92 Å². The predicted molar refractivity (Wildman–Crippen MR) is 102 cm³/mol. The fourth-order valence-electron chi connectivity index (χ4n) is 3.38. The number of morpholine rings is 1. The first kappa shape index (κ1) is 20.3. The summed E-state index contributed by atoms with van der Waals surface area (Å²) in [6, 6.07) is 6.54. The molecule has 2 N–H and O–H groups in total. The third-order valence-corrected chi connectivity index (χ3v) is 5.43. The van der Waals surface area contributed by atoms with Crippen molar-refractivity contribution >= 4 is 23.4 Å². The summed E-state index contributed by atoms with van der Waals surface area (Å²) in [5, 5.41) is 12.8. The number of likely N-dealkylation sites (N-methyl/N-ethyl adjacent to an activating group) is 1. The lowest BCUT2D eigenvalue weighted by atomic mass is 9.85. The highest BCUT2D eigenvalue weighted by Gasteiger charge is 2.38. The summed E-state index contributed by atoms with van der Waals surface area (Å²) >= 11 is 0. The minimum absolute atomic E-state index is 0.0418. The van der Waals surface area contributed by atoms with Crippen LogP contribution >= 0.6 is 0 Å². The van der Waals surface area contributed by atoms with Gasteiger partial charge in [0.2, 0.25) is 17.7 Å². The Labute approximate surface area is 164 Å². The van der Waals surface area contributed by atoms with E-state index >= 15 is 0 Å². The summed E-state index contributed by atoms with van der Waals surface area (Å²) in [6.45, 7) is -0.578. The van der Waals surface area contributed by atoms with Crippen molar-refractivity contribution in [2.75, 3.05) is 39.2 Å². The van der Waals surface area contributed by atoms with Crippen LogP contribution in [-0.4, -0.2) is 72.5 Å². The van der Waals surface area contributed by atoms with E-state index in [2.05, 4.69) is 5.32 Å². The number of nitrogens with zero attached hydrogens (tertiary/aromatic N) is 2.